The second-order valence-electron chi connectivity index (χ2n) is 4.77. The van der Waals surface area contributed by atoms with E-state index in [2.05, 4.69) is 20.7 Å². The van der Waals surface area contributed by atoms with Crippen molar-refractivity contribution in [2.75, 3.05) is 0 Å². The van der Waals surface area contributed by atoms with E-state index in [1.165, 1.54) is 13.0 Å². The minimum atomic E-state index is -0.771. The van der Waals surface area contributed by atoms with Crippen molar-refractivity contribution in [3.63, 3.8) is 0 Å². The number of halogens is 2. The Morgan fingerprint density at radius 2 is 2.08 bits per heavy atom. The van der Waals surface area contributed by atoms with Gasteiger partial charge in [-0.1, -0.05) is 35.0 Å². The molecule has 2 rings (SSSR count). The first kappa shape index (κ1) is 19.8. The van der Waals surface area contributed by atoms with Crippen LogP contribution in [0, 0.1) is 0 Å². The Bertz CT molecular complexity index is 990. The van der Waals surface area contributed by atoms with Gasteiger partial charge in [0.05, 0.1) is 16.5 Å². The maximum absolute atomic E-state index is 12.0. The number of nitrogens with one attached hydrogen (secondary N) is 3. The van der Waals surface area contributed by atoms with Crippen LogP contribution >= 0.6 is 35.0 Å². The molecule has 0 fully saturated rings. The van der Waals surface area contributed by atoms with Crippen LogP contribution in [0.2, 0.25) is 10.0 Å². The lowest BCUT2D eigenvalue weighted by atomic mass is 10.2. The van der Waals surface area contributed by atoms with Crippen LogP contribution in [0.15, 0.2) is 25.8 Å². The van der Waals surface area contributed by atoms with E-state index in [4.69, 9.17) is 23.2 Å². The Morgan fingerprint density at radius 3 is 2.73 bits per heavy atom. The number of rotatable bonds is 5. The summed E-state index contributed by atoms with van der Waals surface area (Å²) < 4.78 is 0. The SMILES string of the molecule is CC(Sc1n[nH]c(=O)[nH]c1=O)C(=O)N/N=C/c1cc(Cl)c(O)c(Cl)c1O. The van der Waals surface area contributed by atoms with E-state index in [0.29, 0.717) is 0 Å². The number of hydrogen-bond donors (Lipinski definition) is 5. The third-order valence-corrected chi connectivity index (χ3v) is 4.63. The predicted octanol–water partition coefficient (Wildman–Crippen LogP) is 0.807. The van der Waals surface area contributed by atoms with Gasteiger partial charge >= 0.3 is 5.69 Å². The molecule has 138 valence electrons. The fourth-order valence-corrected chi connectivity index (χ4v) is 2.83. The molecule has 0 bridgehead atoms. The number of amides is 1. The van der Waals surface area contributed by atoms with Gasteiger partial charge in [-0.3, -0.25) is 14.6 Å². The Labute approximate surface area is 159 Å². The highest BCUT2D eigenvalue weighted by atomic mass is 35.5. The summed E-state index contributed by atoms with van der Waals surface area (Å²) in [6.07, 6.45) is 1.08. The summed E-state index contributed by atoms with van der Waals surface area (Å²) >= 11 is 12.2. The number of carbonyl (C=O) groups excluding carboxylic acids is 1. The molecule has 26 heavy (non-hydrogen) atoms. The first-order chi connectivity index (χ1) is 12.2. The highest BCUT2D eigenvalue weighted by Gasteiger charge is 2.17. The maximum Gasteiger partial charge on any atom is 0.342 e. The van der Waals surface area contributed by atoms with Crippen LogP contribution in [0.25, 0.3) is 0 Å². The van der Waals surface area contributed by atoms with Gasteiger partial charge in [0.25, 0.3) is 11.5 Å². The number of aromatic hydroxyl groups is 2. The molecular weight excluding hydrogens is 409 g/mol. The van der Waals surface area contributed by atoms with E-state index in [0.717, 1.165) is 18.0 Å². The minimum absolute atomic E-state index is 0.0668. The zero-order valence-corrected chi connectivity index (χ0v) is 15.2. The van der Waals surface area contributed by atoms with E-state index < -0.39 is 33.9 Å². The van der Waals surface area contributed by atoms with Crippen molar-refractivity contribution in [3.8, 4) is 11.5 Å². The monoisotopic (exact) mass is 419 g/mol. The molecule has 1 amide bonds. The average Bonchev–Trinajstić information content (AvgIpc) is 2.59. The van der Waals surface area contributed by atoms with Crippen LogP contribution in [0.1, 0.15) is 12.5 Å². The van der Waals surface area contributed by atoms with E-state index in [1.54, 1.807) is 0 Å². The molecule has 1 atom stereocenters. The standard InChI is InChI=1S/C13H11Cl2N5O5S/c1-4(26-12-11(24)17-13(25)20-19-12)10(23)18-16-3-5-2-6(14)9(22)7(15)8(5)21/h2-4,21-22H,1H3,(H,18,23)(H2,17,20,24,25)/b16-3+. The maximum atomic E-state index is 12.0. The summed E-state index contributed by atoms with van der Waals surface area (Å²) in [6, 6.07) is 1.20. The van der Waals surface area contributed by atoms with Gasteiger partial charge in [-0.25, -0.2) is 15.3 Å². The van der Waals surface area contributed by atoms with Gasteiger partial charge in [0.1, 0.15) is 10.8 Å². The van der Waals surface area contributed by atoms with Crippen molar-refractivity contribution in [3.05, 3.63) is 42.5 Å². The molecular formula is C13H11Cl2N5O5S. The van der Waals surface area contributed by atoms with Crippen LogP contribution < -0.4 is 16.7 Å². The number of carbonyl (C=O) groups is 1. The van der Waals surface area contributed by atoms with Crippen molar-refractivity contribution in [1.29, 1.82) is 0 Å². The molecule has 0 saturated heterocycles. The van der Waals surface area contributed by atoms with E-state index in [1.807, 2.05) is 4.98 Å². The molecule has 13 heteroatoms. The number of aromatic nitrogens is 3. The number of hydrogen-bond acceptors (Lipinski definition) is 8. The van der Waals surface area contributed by atoms with Gasteiger partial charge in [0.2, 0.25) is 0 Å². The fourth-order valence-electron chi connectivity index (χ4n) is 1.61. The Kier molecular flexibility index (Phi) is 6.29. The van der Waals surface area contributed by atoms with Gasteiger partial charge < -0.3 is 10.2 Å². The highest BCUT2D eigenvalue weighted by Crippen LogP contribution is 2.40. The molecule has 1 aromatic heterocycles. The van der Waals surface area contributed by atoms with E-state index >= 15 is 0 Å². The van der Waals surface area contributed by atoms with Gasteiger partial charge in [0, 0.05) is 5.56 Å². The molecule has 1 heterocycles. The molecule has 0 spiro atoms. The first-order valence-electron chi connectivity index (χ1n) is 6.79. The molecule has 2 aromatic rings. The van der Waals surface area contributed by atoms with Crippen LogP contribution in [-0.4, -0.2) is 42.8 Å². The summed E-state index contributed by atoms with van der Waals surface area (Å²) in [5.41, 5.74) is 0.788. The number of benzene rings is 1. The van der Waals surface area contributed by atoms with Crippen LogP contribution in [0.4, 0.5) is 0 Å². The number of thioether (sulfide) groups is 1. The predicted molar refractivity (Wildman–Crippen MR) is 96.3 cm³/mol. The van der Waals surface area contributed by atoms with Crippen LogP contribution in [0.5, 0.6) is 11.5 Å². The number of phenols is 2. The minimum Gasteiger partial charge on any atom is -0.506 e. The Morgan fingerprint density at radius 1 is 1.38 bits per heavy atom. The summed E-state index contributed by atoms with van der Waals surface area (Å²) in [5, 5.41) is 27.2. The lowest BCUT2D eigenvalue weighted by Gasteiger charge is -2.08. The van der Waals surface area contributed by atoms with Crippen molar-refractivity contribution in [2.24, 2.45) is 5.10 Å². The van der Waals surface area contributed by atoms with Crippen LogP contribution in [-0.2, 0) is 4.79 Å². The summed E-state index contributed by atoms with van der Waals surface area (Å²) in [5.74, 6) is -1.51. The van der Waals surface area contributed by atoms with Gasteiger partial charge in [0.15, 0.2) is 10.8 Å². The molecule has 0 saturated carbocycles. The lowest BCUT2D eigenvalue weighted by molar-refractivity contribution is -0.120. The molecule has 1 unspecified atom stereocenters. The zero-order chi connectivity index (χ0) is 19.4. The number of nitrogens with zero attached hydrogens (tertiary/aromatic N) is 2. The lowest BCUT2D eigenvalue weighted by Crippen LogP contribution is -2.30. The molecule has 1 aromatic carbocycles. The van der Waals surface area contributed by atoms with Gasteiger partial charge in [-0.05, 0) is 13.0 Å². The quantitative estimate of drug-likeness (QED) is 0.272. The number of phenolic OH excluding ortho intramolecular Hbond substituents is 2. The van der Waals surface area contributed by atoms with Crippen molar-refractivity contribution in [1.82, 2.24) is 20.6 Å². The van der Waals surface area contributed by atoms with Gasteiger partial charge in [-0.15, -0.1) is 0 Å². The smallest absolute Gasteiger partial charge is 0.342 e. The summed E-state index contributed by atoms with van der Waals surface area (Å²) in [6.45, 7) is 1.49. The van der Waals surface area contributed by atoms with Crippen LogP contribution in [0.3, 0.4) is 0 Å². The summed E-state index contributed by atoms with van der Waals surface area (Å²) in [7, 11) is 0. The fraction of sp³-hybridized carbons (Fsp3) is 0.154. The molecule has 0 aliphatic carbocycles. The Balaban J connectivity index is 2.05. The average molecular weight is 420 g/mol. The van der Waals surface area contributed by atoms with E-state index in [9.17, 15) is 24.6 Å². The first-order valence-corrected chi connectivity index (χ1v) is 8.42. The molecule has 0 aliphatic heterocycles. The topological polar surface area (TPSA) is 161 Å². The molecule has 0 radical (unpaired) electrons. The molecule has 10 nitrogen and oxygen atoms in total. The molecule has 5 N–H and O–H groups in total. The normalized spacial score (nSPS) is 12.3. The van der Waals surface area contributed by atoms with Crippen molar-refractivity contribution in [2.45, 2.75) is 17.2 Å². The second kappa shape index (κ2) is 8.25. The van der Waals surface area contributed by atoms with Crippen molar-refractivity contribution >= 4 is 47.1 Å². The molecule has 0 aliphatic rings. The van der Waals surface area contributed by atoms with Gasteiger partial charge in [-0.2, -0.15) is 10.2 Å². The zero-order valence-electron chi connectivity index (χ0n) is 12.9. The summed E-state index contributed by atoms with van der Waals surface area (Å²) in [4.78, 5) is 36.4. The number of hydrazone groups is 1. The largest absolute Gasteiger partial charge is 0.506 e. The third kappa shape index (κ3) is 4.56. The second-order valence-corrected chi connectivity index (χ2v) is 6.88. The number of H-pyrrole nitrogens is 2. The highest BCUT2D eigenvalue weighted by molar-refractivity contribution is 8.00. The van der Waals surface area contributed by atoms with E-state index in [-0.39, 0.29) is 20.6 Å². The number of aromatic amines is 2. The Hall–Kier alpha value is -2.50. The van der Waals surface area contributed by atoms with Crippen molar-refractivity contribution < 1.29 is 15.0 Å². The third-order valence-electron chi connectivity index (χ3n) is 2.91.